The van der Waals surface area contributed by atoms with Crippen LogP contribution in [0.1, 0.15) is 53.9 Å². The number of carbonyl (C=O) groups excluding carboxylic acids is 1. The van der Waals surface area contributed by atoms with Crippen molar-refractivity contribution in [2.75, 3.05) is 13.1 Å². The largest absolute Gasteiger partial charge is 0.480 e. The van der Waals surface area contributed by atoms with Crippen molar-refractivity contribution in [2.45, 2.75) is 59.9 Å². The fourth-order valence-electron chi connectivity index (χ4n) is 2.03. The molecule has 0 rings (SSSR count). The summed E-state index contributed by atoms with van der Waals surface area (Å²) in [5, 5.41) is 11.7. The zero-order valence-electron chi connectivity index (χ0n) is 13.5. The minimum absolute atomic E-state index is 0.0738. The van der Waals surface area contributed by atoms with Crippen molar-refractivity contribution >= 4 is 12.0 Å². The predicted molar refractivity (Wildman–Crippen MR) is 80.7 cm³/mol. The second kappa shape index (κ2) is 9.61. The predicted octanol–water partition coefficient (Wildman–Crippen LogP) is 2.95. The van der Waals surface area contributed by atoms with E-state index in [-0.39, 0.29) is 24.5 Å². The van der Waals surface area contributed by atoms with Crippen LogP contribution in [-0.4, -0.2) is 41.1 Å². The Balaban J connectivity index is 4.25. The van der Waals surface area contributed by atoms with E-state index in [1.165, 1.54) is 4.90 Å². The van der Waals surface area contributed by atoms with Gasteiger partial charge in [0.05, 0.1) is 0 Å². The van der Waals surface area contributed by atoms with Gasteiger partial charge in [0.15, 0.2) is 0 Å². The van der Waals surface area contributed by atoms with Gasteiger partial charge in [0.1, 0.15) is 6.54 Å². The molecule has 20 heavy (non-hydrogen) atoms. The standard InChI is InChI=1S/C15H30N2O3/c1-11(2)7-6-8-13(5)16-15(20)17(9-12(3)4)10-14(18)19/h11-13H,6-10H2,1-5H3,(H,16,20)(H,18,19). The maximum absolute atomic E-state index is 12.1. The molecule has 0 aliphatic heterocycles. The molecule has 0 heterocycles. The number of urea groups is 1. The molecule has 2 amide bonds. The lowest BCUT2D eigenvalue weighted by molar-refractivity contribution is -0.137. The SMILES string of the molecule is CC(C)CCCC(C)NC(=O)N(CC(=O)O)CC(C)C. The Labute approximate surface area is 122 Å². The highest BCUT2D eigenvalue weighted by molar-refractivity contribution is 5.80. The smallest absolute Gasteiger partial charge is 0.323 e. The Morgan fingerprint density at radius 3 is 2.10 bits per heavy atom. The zero-order chi connectivity index (χ0) is 15.7. The van der Waals surface area contributed by atoms with E-state index in [9.17, 15) is 9.59 Å². The fraction of sp³-hybridized carbons (Fsp3) is 0.867. The van der Waals surface area contributed by atoms with Gasteiger partial charge in [-0.3, -0.25) is 4.79 Å². The third-order valence-electron chi connectivity index (χ3n) is 2.99. The van der Waals surface area contributed by atoms with Gasteiger partial charge in [-0.1, -0.05) is 40.5 Å². The molecule has 0 aromatic carbocycles. The van der Waals surface area contributed by atoms with E-state index in [1.807, 2.05) is 20.8 Å². The van der Waals surface area contributed by atoms with Gasteiger partial charge in [0.2, 0.25) is 0 Å². The van der Waals surface area contributed by atoms with E-state index in [0.29, 0.717) is 12.5 Å². The number of hydrogen-bond acceptors (Lipinski definition) is 2. The van der Waals surface area contributed by atoms with Crippen molar-refractivity contribution in [1.29, 1.82) is 0 Å². The van der Waals surface area contributed by atoms with Crippen molar-refractivity contribution in [3.05, 3.63) is 0 Å². The molecular formula is C15H30N2O3. The Morgan fingerprint density at radius 1 is 1.05 bits per heavy atom. The normalized spacial score (nSPS) is 12.6. The van der Waals surface area contributed by atoms with Crippen molar-refractivity contribution in [3.8, 4) is 0 Å². The van der Waals surface area contributed by atoms with E-state index < -0.39 is 5.97 Å². The van der Waals surface area contributed by atoms with Gasteiger partial charge in [-0.05, 0) is 25.2 Å². The molecule has 0 saturated carbocycles. The summed E-state index contributed by atoms with van der Waals surface area (Å²) in [6, 6.07) is -0.206. The van der Waals surface area contributed by atoms with Crippen LogP contribution >= 0.6 is 0 Å². The minimum atomic E-state index is -0.978. The first kappa shape index (κ1) is 18.7. The lowest BCUT2D eigenvalue weighted by Crippen LogP contribution is -2.47. The van der Waals surface area contributed by atoms with Crippen LogP contribution in [0.4, 0.5) is 4.79 Å². The molecular weight excluding hydrogens is 256 g/mol. The maximum atomic E-state index is 12.1. The fourth-order valence-corrected chi connectivity index (χ4v) is 2.03. The molecule has 0 aliphatic carbocycles. The second-order valence-corrected chi connectivity index (χ2v) is 6.34. The summed E-state index contributed by atoms with van der Waals surface area (Å²) in [4.78, 5) is 24.2. The molecule has 1 atom stereocenters. The van der Waals surface area contributed by atoms with Gasteiger partial charge in [-0.15, -0.1) is 0 Å². The van der Waals surface area contributed by atoms with Crippen LogP contribution in [0.5, 0.6) is 0 Å². The summed E-state index contributed by atoms with van der Waals surface area (Å²) >= 11 is 0. The lowest BCUT2D eigenvalue weighted by atomic mass is 10.0. The molecule has 0 spiro atoms. The molecule has 0 saturated heterocycles. The Morgan fingerprint density at radius 2 is 1.65 bits per heavy atom. The quantitative estimate of drug-likeness (QED) is 0.684. The van der Waals surface area contributed by atoms with Crippen LogP contribution < -0.4 is 5.32 Å². The molecule has 2 N–H and O–H groups in total. The zero-order valence-corrected chi connectivity index (χ0v) is 13.5. The molecule has 1 unspecified atom stereocenters. The molecule has 5 nitrogen and oxygen atoms in total. The average molecular weight is 286 g/mol. The number of hydrogen-bond donors (Lipinski definition) is 2. The van der Waals surface area contributed by atoms with E-state index in [4.69, 9.17) is 5.11 Å². The van der Waals surface area contributed by atoms with Crippen LogP contribution in [0, 0.1) is 11.8 Å². The van der Waals surface area contributed by atoms with Crippen LogP contribution in [0.25, 0.3) is 0 Å². The number of nitrogens with one attached hydrogen (secondary N) is 1. The molecule has 5 heteroatoms. The summed E-state index contributed by atoms with van der Waals surface area (Å²) in [6.45, 7) is 10.5. The van der Waals surface area contributed by atoms with Gasteiger partial charge in [0.25, 0.3) is 0 Å². The Hall–Kier alpha value is -1.26. The topological polar surface area (TPSA) is 69.6 Å². The third-order valence-corrected chi connectivity index (χ3v) is 2.99. The molecule has 0 bridgehead atoms. The van der Waals surface area contributed by atoms with Crippen molar-refractivity contribution in [3.63, 3.8) is 0 Å². The summed E-state index contributed by atoms with van der Waals surface area (Å²) < 4.78 is 0. The van der Waals surface area contributed by atoms with Crippen molar-refractivity contribution in [2.24, 2.45) is 11.8 Å². The maximum Gasteiger partial charge on any atom is 0.323 e. The number of aliphatic carboxylic acids is 1. The van der Waals surface area contributed by atoms with Crippen LogP contribution in [0.3, 0.4) is 0 Å². The first-order chi connectivity index (χ1) is 9.22. The van der Waals surface area contributed by atoms with Gasteiger partial charge in [-0.2, -0.15) is 0 Å². The first-order valence-corrected chi connectivity index (χ1v) is 7.49. The minimum Gasteiger partial charge on any atom is -0.480 e. The third kappa shape index (κ3) is 9.64. The summed E-state index contributed by atoms with van der Waals surface area (Å²) in [6.07, 6.45) is 3.14. The van der Waals surface area contributed by atoms with E-state index in [1.54, 1.807) is 0 Å². The molecule has 0 aliphatic rings. The highest BCUT2D eigenvalue weighted by atomic mass is 16.4. The number of rotatable bonds is 9. The number of amides is 2. The molecule has 0 fully saturated rings. The highest BCUT2D eigenvalue weighted by Gasteiger charge is 2.19. The number of carboxylic acids is 1. The second-order valence-electron chi connectivity index (χ2n) is 6.34. The number of carbonyl (C=O) groups is 2. The summed E-state index contributed by atoms with van der Waals surface area (Å²) in [7, 11) is 0. The van der Waals surface area contributed by atoms with E-state index in [2.05, 4.69) is 19.2 Å². The van der Waals surface area contributed by atoms with Gasteiger partial charge >= 0.3 is 12.0 Å². The van der Waals surface area contributed by atoms with Gasteiger partial charge < -0.3 is 15.3 Å². The average Bonchev–Trinajstić information content (AvgIpc) is 2.25. The van der Waals surface area contributed by atoms with Crippen LogP contribution in [-0.2, 0) is 4.79 Å². The molecule has 0 radical (unpaired) electrons. The number of carboxylic acid groups (broad SMARTS) is 1. The van der Waals surface area contributed by atoms with Gasteiger partial charge in [0, 0.05) is 12.6 Å². The van der Waals surface area contributed by atoms with Crippen LogP contribution in [0.2, 0.25) is 0 Å². The van der Waals surface area contributed by atoms with E-state index >= 15 is 0 Å². The molecule has 0 aromatic heterocycles. The first-order valence-electron chi connectivity index (χ1n) is 7.49. The van der Waals surface area contributed by atoms with Gasteiger partial charge in [-0.25, -0.2) is 4.79 Å². The highest BCUT2D eigenvalue weighted by Crippen LogP contribution is 2.09. The monoisotopic (exact) mass is 286 g/mol. The van der Waals surface area contributed by atoms with E-state index in [0.717, 1.165) is 19.3 Å². The summed E-state index contributed by atoms with van der Waals surface area (Å²) in [5.41, 5.74) is 0. The Bertz CT molecular complexity index is 303. The van der Waals surface area contributed by atoms with Crippen molar-refractivity contribution < 1.29 is 14.7 Å². The van der Waals surface area contributed by atoms with Crippen LogP contribution in [0.15, 0.2) is 0 Å². The number of nitrogens with zero attached hydrogens (tertiary/aromatic N) is 1. The Kier molecular flexibility index (Phi) is 9.01. The summed E-state index contributed by atoms with van der Waals surface area (Å²) in [5.74, 6) is -0.0630. The van der Waals surface area contributed by atoms with Crippen molar-refractivity contribution in [1.82, 2.24) is 10.2 Å². The molecule has 0 aromatic rings. The lowest BCUT2D eigenvalue weighted by Gasteiger charge is -2.25. The molecule has 118 valence electrons.